The molecule has 1 aromatic carbocycles. The van der Waals surface area contributed by atoms with Crippen molar-refractivity contribution in [1.82, 2.24) is 9.55 Å². The van der Waals surface area contributed by atoms with Gasteiger partial charge in [0.25, 0.3) is 5.56 Å². The third-order valence-electron chi connectivity index (χ3n) is 3.88. The fraction of sp³-hybridized carbons (Fsp3) is 0.235. The number of carbonyl (C=O) groups excluding carboxylic acids is 1. The van der Waals surface area contributed by atoms with Gasteiger partial charge in [-0.1, -0.05) is 12.1 Å². The molecular weight excluding hydrogens is 312 g/mol. The molecule has 3 aromatic rings. The molecule has 0 fully saturated rings. The Morgan fingerprint density at radius 1 is 1.26 bits per heavy atom. The molecule has 2 heterocycles. The van der Waals surface area contributed by atoms with E-state index in [2.05, 4.69) is 9.72 Å². The summed E-state index contributed by atoms with van der Waals surface area (Å²) in [5.74, 6) is -0.374. The molecule has 0 saturated carbocycles. The maximum atomic E-state index is 12.6. The van der Waals surface area contributed by atoms with E-state index in [4.69, 9.17) is 0 Å². The monoisotopic (exact) mass is 328 g/mol. The van der Waals surface area contributed by atoms with Crippen LogP contribution in [0, 0.1) is 13.8 Å². The number of hydrogen-bond donors (Lipinski definition) is 0. The molecule has 0 atom stereocenters. The lowest BCUT2D eigenvalue weighted by Crippen LogP contribution is -2.21. The lowest BCUT2D eigenvalue weighted by atomic mass is 10.1. The van der Waals surface area contributed by atoms with Crippen LogP contribution in [0.25, 0.3) is 10.2 Å². The first-order valence-corrected chi connectivity index (χ1v) is 7.95. The summed E-state index contributed by atoms with van der Waals surface area (Å²) in [6.45, 7) is 4.36. The standard InChI is InChI=1S/C17H16N2O3S/c1-10-11(2)23-15-14(10)16(20)19(9-18-15)8-12-4-6-13(7-5-12)17(21)22-3/h4-7,9H,8H2,1-3H3. The topological polar surface area (TPSA) is 61.2 Å². The highest BCUT2D eigenvalue weighted by Crippen LogP contribution is 2.25. The molecule has 23 heavy (non-hydrogen) atoms. The van der Waals surface area contributed by atoms with Crippen molar-refractivity contribution < 1.29 is 9.53 Å². The summed E-state index contributed by atoms with van der Waals surface area (Å²) in [5.41, 5.74) is 2.37. The van der Waals surface area contributed by atoms with E-state index < -0.39 is 0 Å². The average molecular weight is 328 g/mol. The second kappa shape index (κ2) is 5.96. The number of benzene rings is 1. The van der Waals surface area contributed by atoms with Gasteiger partial charge in [-0.15, -0.1) is 11.3 Å². The molecule has 0 N–H and O–H groups in total. The SMILES string of the molecule is COC(=O)c1ccc(Cn2cnc3sc(C)c(C)c3c2=O)cc1. The maximum Gasteiger partial charge on any atom is 0.337 e. The van der Waals surface area contributed by atoms with Gasteiger partial charge in [0.05, 0.1) is 30.9 Å². The number of aryl methyl sites for hydroxylation is 2. The minimum Gasteiger partial charge on any atom is -0.465 e. The van der Waals surface area contributed by atoms with Gasteiger partial charge in [0.1, 0.15) is 4.83 Å². The zero-order valence-electron chi connectivity index (χ0n) is 13.1. The van der Waals surface area contributed by atoms with Crippen LogP contribution in [-0.2, 0) is 11.3 Å². The first kappa shape index (κ1) is 15.4. The molecule has 5 nitrogen and oxygen atoms in total. The Labute approximate surface area is 137 Å². The summed E-state index contributed by atoms with van der Waals surface area (Å²) in [6.07, 6.45) is 1.58. The van der Waals surface area contributed by atoms with Crippen molar-refractivity contribution in [2.75, 3.05) is 7.11 Å². The summed E-state index contributed by atoms with van der Waals surface area (Å²) in [4.78, 5) is 30.4. The van der Waals surface area contributed by atoms with E-state index in [-0.39, 0.29) is 11.5 Å². The fourth-order valence-electron chi connectivity index (χ4n) is 2.44. The van der Waals surface area contributed by atoms with Crippen LogP contribution in [0.2, 0.25) is 0 Å². The summed E-state index contributed by atoms with van der Waals surface area (Å²) in [6, 6.07) is 7.01. The summed E-state index contributed by atoms with van der Waals surface area (Å²) in [5, 5.41) is 0.696. The van der Waals surface area contributed by atoms with Crippen LogP contribution >= 0.6 is 11.3 Å². The highest BCUT2D eigenvalue weighted by atomic mass is 32.1. The predicted octanol–water partition coefficient (Wildman–Crippen LogP) is 2.91. The number of carbonyl (C=O) groups is 1. The van der Waals surface area contributed by atoms with Gasteiger partial charge in [-0.3, -0.25) is 9.36 Å². The zero-order chi connectivity index (χ0) is 16.6. The van der Waals surface area contributed by atoms with Crippen LogP contribution < -0.4 is 5.56 Å². The molecule has 0 saturated heterocycles. The number of hydrogen-bond acceptors (Lipinski definition) is 5. The van der Waals surface area contributed by atoms with Crippen LogP contribution in [-0.4, -0.2) is 22.6 Å². The predicted molar refractivity (Wildman–Crippen MR) is 90.2 cm³/mol. The molecule has 0 aliphatic heterocycles. The molecule has 0 spiro atoms. The van der Waals surface area contributed by atoms with Crippen LogP contribution in [0.4, 0.5) is 0 Å². The molecule has 0 aliphatic carbocycles. The Morgan fingerprint density at radius 3 is 2.61 bits per heavy atom. The minimum absolute atomic E-state index is 0.0334. The first-order chi connectivity index (χ1) is 11.0. The zero-order valence-corrected chi connectivity index (χ0v) is 13.9. The highest BCUT2D eigenvalue weighted by Gasteiger charge is 2.12. The largest absolute Gasteiger partial charge is 0.465 e. The first-order valence-electron chi connectivity index (χ1n) is 7.13. The number of thiophene rings is 1. The van der Waals surface area contributed by atoms with E-state index in [1.165, 1.54) is 18.4 Å². The second-order valence-electron chi connectivity index (χ2n) is 5.33. The van der Waals surface area contributed by atoms with Crippen molar-refractivity contribution in [3.05, 3.63) is 62.5 Å². The van der Waals surface area contributed by atoms with E-state index in [0.29, 0.717) is 17.5 Å². The van der Waals surface area contributed by atoms with Crippen LogP contribution in [0.1, 0.15) is 26.4 Å². The van der Waals surface area contributed by atoms with Gasteiger partial charge in [0.2, 0.25) is 0 Å². The van der Waals surface area contributed by atoms with Crippen molar-refractivity contribution in [3.63, 3.8) is 0 Å². The van der Waals surface area contributed by atoms with Gasteiger partial charge in [-0.05, 0) is 37.1 Å². The number of rotatable bonds is 3. The van der Waals surface area contributed by atoms with Crippen molar-refractivity contribution in [1.29, 1.82) is 0 Å². The third-order valence-corrected chi connectivity index (χ3v) is 5.00. The molecule has 6 heteroatoms. The number of nitrogens with zero attached hydrogens (tertiary/aromatic N) is 2. The second-order valence-corrected chi connectivity index (χ2v) is 6.53. The lowest BCUT2D eigenvalue weighted by Gasteiger charge is -2.06. The lowest BCUT2D eigenvalue weighted by molar-refractivity contribution is 0.0600. The Bertz CT molecular complexity index is 939. The van der Waals surface area contributed by atoms with Crippen molar-refractivity contribution in [2.24, 2.45) is 0 Å². The normalized spacial score (nSPS) is 10.9. The molecule has 0 aliphatic rings. The quantitative estimate of drug-likeness (QED) is 0.694. The van der Waals surface area contributed by atoms with E-state index in [0.717, 1.165) is 20.8 Å². The maximum absolute atomic E-state index is 12.6. The number of methoxy groups -OCH3 is 1. The Kier molecular flexibility index (Phi) is 4.00. The third kappa shape index (κ3) is 2.77. The Hall–Kier alpha value is -2.47. The highest BCUT2D eigenvalue weighted by molar-refractivity contribution is 7.18. The van der Waals surface area contributed by atoms with Crippen molar-refractivity contribution in [3.8, 4) is 0 Å². The van der Waals surface area contributed by atoms with Crippen molar-refractivity contribution in [2.45, 2.75) is 20.4 Å². The molecule has 3 rings (SSSR count). The van der Waals surface area contributed by atoms with Crippen LogP contribution in [0.5, 0.6) is 0 Å². The number of fused-ring (bicyclic) bond motifs is 1. The number of ether oxygens (including phenoxy) is 1. The van der Waals surface area contributed by atoms with Crippen LogP contribution in [0.3, 0.4) is 0 Å². The Morgan fingerprint density at radius 2 is 1.96 bits per heavy atom. The molecular formula is C17H16N2O3S. The fourth-order valence-corrected chi connectivity index (χ4v) is 3.43. The minimum atomic E-state index is -0.374. The summed E-state index contributed by atoms with van der Waals surface area (Å²) < 4.78 is 6.27. The van der Waals surface area contributed by atoms with E-state index in [1.807, 2.05) is 26.0 Å². The molecule has 0 bridgehead atoms. The van der Waals surface area contributed by atoms with E-state index in [1.54, 1.807) is 23.0 Å². The molecule has 118 valence electrons. The number of aromatic nitrogens is 2. The van der Waals surface area contributed by atoms with Gasteiger partial charge < -0.3 is 4.74 Å². The summed E-state index contributed by atoms with van der Waals surface area (Å²) >= 11 is 1.54. The molecule has 0 unspecified atom stereocenters. The number of esters is 1. The van der Waals surface area contributed by atoms with Gasteiger partial charge in [-0.25, -0.2) is 9.78 Å². The molecule has 2 aromatic heterocycles. The molecule has 0 radical (unpaired) electrons. The smallest absolute Gasteiger partial charge is 0.337 e. The average Bonchev–Trinajstić information content (AvgIpc) is 2.85. The summed E-state index contributed by atoms with van der Waals surface area (Å²) in [7, 11) is 1.35. The Balaban J connectivity index is 1.95. The van der Waals surface area contributed by atoms with E-state index >= 15 is 0 Å². The van der Waals surface area contributed by atoms with Gasteiger partial charge >= 0.3 is 5.97 Å². The van der Waals surface area contributed by atoms with Gasteiger partial charge in [0.15, 0.2) is 0 Å². The van der Waals surface area contributed by atoms with E-state index in [9.17, 15) is 9.59 Å². The molecule has 0 amide bonds. The van der Waals surface area contributed by atoms with Gasteiger partial charge in [0, 0.05) is 4.88 Å². The van der Waals surface area contributed by atoms with Gasteiger partial charge in [-0.2, -0.15) is 0 Å². The van der Waals surface area contributed by atoms with Crippen molar-refractivity contribution >= 4 is 27.5 Å². The van der Waals surface area contributed by atoms with Crippen LogP contribution in [0.15, 0.2) is 35.4 Å².